The van der Waals surface area contributed by atoms with Crippen LogP contribution in [0.4, 0.5) is 22.4 Å². The van der Waals surface area contributed by atoms with Gasteiger partial charge < -0.3 is 5.73 Å². The number of hydrazone groups is 1. The molecule has 92 valence electrons. The van der Waals surface area contributed by atoms with Gasteiger partial charge in [0.25, 0.3) is 0 Å². The predicted octanol–water partition coefficient (Wildman–Crippen LogP) is 1.85. The van der Waals surface area contributed by atoms with Gasteiger partial charge in [-0.05, 0) is 23.8 Å². The Kier molecular flexibility index (Phi) is 3.66. The Balaban J connectivity index is 2.98. The van der Waals surface area contributed by atoms with Crippen LogP contribution in [0.15, 0.2) is 23.3 Å². The molecule has 0 radical (unpaired) electrons. The molecule has 8 heteroatoms. The molecule has 0 fully saturated rings. The fourth-order valence-corrected chi connectivity index (χ4v) is 1.02. The quantitative estimate of drug-likeness (QED) is 0.468. The first kappa shape index (κ1) is 12.9. The molecule has 0 heterocycles. The van der Waals surface area contributed by atoms with E-state index in [0.29, 0.717) is 12.1 Å². The number of primary amides is 1. The Labute approximate surface area is 93.1 Å². The maximum atomic E-state index is 12.9. The van der Waals surface area contributed by atoms with Gasteiger partial charge in [-0.15, -0.1) is 0 Å². The van der Waals surface area contributed by atoms with Crippen LogP contribution in [0.5, 0.6) is 0 Å². The minimum Gasteiger partial charge on any atom is -0.350 e. The van der Waals surface area contributed by atoms with Crippen molar-refractivity contribution in [3.05, 3.63) is 35.1 Å². The summed E-state index contributed by atoms with van der Waals surface area (Å²) in [6.07, 6.45) is -3.80. The third kappa shape index (κ3) is 4.09. The highest BCUT2D eigenvalue weighted by atomic mass is 19.4. The molecular weight excluding hydrogens is 242 g/mol. The number of carbonyl (C=O) groups is 1. The van der Waals surface area contributed by atoms with Crippen molar-refractivity contribution in [2.75, 3.05) is 0 Å². The second-order valence-corrected chi connectivity index (χ2v) is 3.01. The molecule has 0 unspecified atom stereocenters. The molecule has 0 aromatic heterocycles. The number of urea groups is 1. The first-order valence-corrected chi connectivity index (χ1v) is 4.25. The molecular formula is C9H7F4N3O. The fraction of sp³-hybridized carbons (Fsp3) is 0.111. The maximum Gasteiger partial charge on any atom is 0.416 e. The topological polar surface area (TPSA) is 67.5 Å². The zero-order chi connectivity index (χ0) is 13.1. The van der Waals surface area contributed by atoms with E-state index in [1.54, 1.807) is 5.43 Å². The molecule has 4 nitrogen and oxygen atoms in total. The average molecular weight is 249 g/mol. The predicted molar refractivity (Wildman–Crippen MR) is 51.7 cm³/mol. The van der Waals surface area contributed by atoms with Gasteiger partial charge in [0.1, 0.15) is 5.82 Å². The number of nitrogens with one attached hydrogen (secondary N) is 1. The van der Waals surface area contributed by atoms with E-state index in [1.165, 1.54) is 0 Å². The fourth-order valence-electron chi connectivity index (χ4n) is 1.02. The molecule has 0 spiro atoms. The van der Waals surface area contributed by atoms with Crippen molar-refractivity contribution in [1.82, 2.24) is 5.43 Å². The lowest BCUT2D eigenvalue weighted by Crippen LogP contribution is -2.24. The molecule has 1 aromatic carbocycles. The van der Waals surface area contributed by atoms with Crippen LogP contribution in [0.2, 0.25) is 0 Å². The van der Waals surface area contributed by atoms with Gasteiger partial charge in [-0.2, -0.15) is 18.3 Å². The highest BCUT2D eigenvalue weighted by Gasteiger charge is 2.31. The van der Waals surface area contributed by atoms with Crippen LogP contribution < -0.4 is 11.2 Å². The lowest BCUT2D eigenvalue weighted by molar-refractivity contribution is -0.137. The Hall–Kier alpha value is -2.12. The number of carbonyl (C=O) groups excluding carboxylic acids is 1. The highest BCUT2D eigenvalue weighted by molar-refractivity contribution is 5.81. The third-order valence-electron chi connectivity index (χ3n) is 1.64. The number of hydrogen-bond donors (Lipinski definition) is 2. The second-order valence-electron chi connectivity index (χ2n) is 3.01. The van der Waals surface area contributed by atoms with Gasteiger partial charge >= 0.3 is 12.2 Å². The van der Waals surface area contributed by atoms with E-state index in [1.807, 2.05) is 0 Å². The van der Waals surface area contributed by atoms with Crippen molar-refractivity contribution in [3.8, 4) is 0 Å². The summed E-state index contributed by atoms with van der Waals surface area (Å²) < 4.78 is 49.8. The smallest absolute Gasteiger partial charge is 0.350 e. The van der Waals surface area contributed by atoms with E-state index >= 15 is 0 Å². The number of nitrogens with zero attached hydrogens (tertiary/aromatic N) is 1. The van der Waals surface area contributed by atoms with E-state index in [9.17, 15) is 22.4 Å². The summed E-state index contributed by atoms with van der Waals surface area (Å²) in [6, 6.07) is 0.906. The highest BCUT2D eigenvalue weighted by Crippen LogP contribution is 2.30. The number of nitrogens with two attached hydrogens (primary N) is 1. The summed E-state index contributed by atoms with van der Waals surface area (Å²) in [5.41, 5.74) is 5.16. The van der Waals surface area contributed by atoms with Crippen LogP contribution in [0.1, 0.15) is 11.1 Å². The first-order chi connectivity index (χ1) is 7.79. The lowest BCUT2D eigenvalue weighted by atomic mass is 10.1. The van der Waals surface area contributed by atoms with Crippen LogP contribution in [0.25, 0.3) is 0 Å². The van der Waals surface area contributed by atoms with Crippen LogP contribution in [-0.4, -0.2) is 12.2 Å². The summed E-state index contributed by atoms with van der Waals surface area (Å²) in [7, 11) is 0. The summed E-state index contributed by atoms with van der Waals surface area (Å²) in [4.78, 5) is 10.2. The van der Waals surface area contributed by atoms with Crippen LogP contribution in [0.3, 0.4) is 0 Å². The van der Waals surface area contributed by atoms with Gasteiger partial charge in [-0.25, -0.2) is 14.6 Å². The van der Waals surface area contributed by atoms with Crippen LogP contribution in [0, 0.1) is 5.82 Å². The van der Waals surface area contributed by atoms with E-state index in [4.69, 9.17) is 0 Å². The summed E-state index contributed by atoms with van der Waals surface area (Å²) in [6.45, 7) is 0. The van der Waals surface area contributed by atoms with Crippen molar-refractivity contribution in [2.45, 2.75) is 6.18 Å². The zero-order valence-electron chi connectivity index (χ0n) is 8.25. The van der Waals surface area contributed by atoms with Crippen molar-refractivity contribution in [2.24, 2.45) is 10.8 Å². The van der Waals surface area contributed by atoms with Crippen molar-refractivity contribution < 1.29 is 22.4 Å². The van der Waals surface area contributed by atoms with Crippen molar-refractivity contribution in [1.29, 1.82) is 0 Å². The molecule has 0 saturated carbocycles. The summed E-state index contributed by atoms with van der Waals surface area (Å²) in [5.74, 6) is -1.06. The molecule has 0 aliphatic heterocycles. The normalized spacial score (nSPS) is 11.8. The third-order valence-corrected chi connectivity index (χ3v) is 1.64. The Morgan fingerprint density at radius 1 is 1.35 bits per heavy atom. The molecule has 1 aromatic rings. The second kappa shape index (κ2) is 4.81. The van der Waals surface area contributed by atoms with Gasteiger partial charge in [0, 0.05) is 0 Å². The number of hydrogen-bond acceptors (Lipinski definition) is 2. The number of amides is 2. The standard InChI is InChI=1S/C9H7F4N3O/c10-7-2-5(4-15-16-8(14)17)1-6(3-7)9(11,12)13/h1-4H,(H3,14,16,17). The molecule has 0 aliphatic rings. The first-order valence-electron chi connectivity index (χ1n) is 4.25. The monoisotopic (exact) mass is 249 g/mol. The number of benzene rings is 1. The molecule has 0 saturated heterocycles. The number of rotatable bonds is 2. The molecule has 17 heavy (non-hydrogen) atoms. The Morgan fingerprint density at radius 2 is 2.00 bits per heavy atom. The van der Waals surface area contributed by atoms with Crippen LogP contribution in [-0.2, 0) is 6.18 Å². The van der Waals surface area contributed by atoms with Gasteiger partial charge in [-0.1, -0.05) is 0 Å². The summed E-state index contributed by atoms with van der Waals surface area (Å²) in [5, 5.41) is 3.22. The van der Waals surface area contributed by atoms with Gasteiger partial charge in [0.2, 0.25) is 0 Å². The van der Waals surface area contributed by atoms with E-state index in [2.05, 4.69) is 10.8 Å². The number of alkyl halides is 3. The molecule has 0 aliphatic carbocycles. The molecule has 3 N–H and O–H groups in total. The minimum absolute atomic E-state index is 0.147. The van der Waals surface area contributed by atoms with E-state index < -0.39 is 23.6 Å². The Morgan fingerprint density at radius 3 is 2.53 bits per heavy atom. The average Bonchev–Trinajstić information content (AvgIpc) is 2.14. The molecule has 0 atom stereocenters. The minimum atomic E-state index is -4.65. The molecule has 1 rings (SSSR count). The van der Waals surface area contributed by atoms with E-state index in [-0.39, 0.29) is 5.56 Å². The summed E-state index contributed by atoms with van der Waals surface area (Å²) >= 11 is 0. The zero-order valence-corrected chi connectivity index (χ0v) is 8.25. The van der Waals surface area contributed by atoms with Gasteiger partial charge in [0.15, 0.2) is 0 Å². The van der Waals surface area contributed by atoms with Gasteiger partial charge in [0.05, 0.1) is 11.8 Å². The lowest BCUT2D eigenvalue weighted by Gasteiger charge is -2.07. The van der Waals surface area contributed by atoms with E-state index in [0.717, 1.165) is 12.3 Å². The van der Waals surface area contributed by atoms with Crippen molar-refractivity contribution >= 4 is 12.2 Å². The SMILES string of the molecule is NC(=O)NN=Cc1cc(F)cc(C(F)(F)F)c1. The Bertz CT molecular complexity index is 456. The van der Waals surface area contributed by atoms with Crippen LogP contribution >= 0.6 is 0 Å². The molecule has 0 bridgehead atoms. The number of halogens is 4. The molecule has 2 amide bonds. The maximum absolute atomic E-state index is 12.9. The van der Waals surface area contributed by atoms with Crippen molar-refractivity contribution in [3.63, 3.8) is 0 Å². The van der Waals surface area contributed by atoms with Gasteiger partial charge in [-0.3, -0.25) is 0 Å². The largest absolute Gasteiger partial charge is 0.416 e.